The van der Waals surface area contributed by atoms with Crippen LogP contribution in [0.5, 0.6) is 0 Å². The summed E-state index contributed by atoms with van der Waals surface area (Å²) in [5, 5.41) is 3.85. The first kappa shape index (κ1) is 15.0. The van der Waals surface area contributed by atoms with Crippen LogP contribution in [0.15, 0.2) is 60.3 Å². The third kappa shape index (κ3) is 4.02. The van der Waals surface area contributed by atoms with Crippen molar-refractivity contribution in [2.45, 2.75) is 20.3 Å². The van der Waals surface area contributed by atoms with Crippen molar-refractivity contribution >= 4 is 16.8 Å². The average molecular weight is 280 g/mol. The van der Waals surface area contributed by atoms with E-state index in [1.54, 1.807) is 6.20 Å². The standard InChI is InChI=1S/C18H20N2O/c1-3-14(4-2)8-7-11-19-18(21)16-12-15-9-5-6-10-17(15)20-13-16/h3,5-10,12-13H,4,11H2,1-2H3,(H,19,21)/b8-7-,14-3+. The Kier molecular flexibility index (Phi) is 5.27. The number of aromatic nitrogens is 1. The molecule has 0 aliphatic rings. The maximum atomic E-state index is 12.1. The van der Waals surface area contributed by atoms with Crippen molar-refractivity contribution < 1.29 is 4.79 Å². The van der Waals surface area contributed by atoms with E-state index in [1.807, 2.05) is 49.4 Å². The van der Waals surface area contributed by atoms with E-state index in [0.717, 1.165) is 17.3 Å². The number of carbonyl (C=O) groups is 1. The minimum absolute atomic E-state index is 0.101. The molecule has 1 N–H and O–H groups in total. The van der Waals surface area contributed by atoms with Gasteiger partial charge < -0.3 is 5.32 Å². The van der Waals surface area contributed by atoms with Crippen LogP contribution in [-0.4, -0.2) is 17.4 Å². The lowest BCUT2D eigenvalue weighted by Gasteiger charge is -2.04. The van der Waals surface area contributed by atoms with Gasteiger partial charge in [-0.25, -0.2) is 0 Å². The molecule has 0 spiro atoms. The molecule has 0 fully saturated rings. The maximum Gasteiger partial charge on any atom is 0.253 e. The molecule has 1 aromatic heterocycles. The van der Waals surface area contributed by atoms with Gasteiger partial charge in [-0.1, -0.05) is 48.9 Å². The van der Waals surface area contributed by atoms with Crippen LogP contribution < -0.4 is 5.32 Å². The molecule has 0 aliphatic carbocycles. The number of allylic oxidation sites excluding steroid dienone is 3. The molecule has 0 bridgehead atoms. The first-order chi connectivity index (χ1) is 10.2. The number of nitrogens with one attached hydrogen (secondary N) is 1. The van der Waals surface area contributed by atoms with Crippen LogP contribution in [0.1, 0.15) is 30.6 Å². The molecule has 1 heterocycles. The topological polar surface area (TPSA) is 42.0 Å². The number of rotatable bonds is 5. The molecule has 2 aromatic rings. The Labute approximate surface area is 125 Å². The fraction of sp³-hybridized carbons (Fsp3) is 0.222. The molecular weight excluding hydrogens is 260 g/mol. The third-order valence-electron chi connectivity index (χ3n) is 3.34. The van der Waals surface area contributed by atoms with E-state index in [4.69, 9.17) is 0 Å². The van der Waals surface area contributed by atoms with E-state index in [-0.39, 0.29) is 5.91 Å². The van der Waals surface area contributed by atoms with E-state index in [2.05, 4.69) is 23.3 Å². The highest BCUT2D eigenvalue weighted by Crippen LogP contribution is 2.12. The zero-order valence-corrected chi connectivity index (χ0v) is 12.5. The van der Waals surface area contributed by atoms with Crippen molar-refractivity contribution in [3.63, 3.8) is 0 Å². The molecule has 1 aromatic carbocycles. The van der Waals surface area contributed by atoms with Crippen LogP contribution in [0, 0.1) is 0 Å². The zero-order valence-electron chi connectivity index (χ0n) is 12.5. The summed E-state index contributed by atoms with van der Waals surface area (Å²) in [5.41, 5.74) is 2.75. The highest BCUT2D eigenvalue weighted by molar-refractivity contribution is 5.97. The van der Waals surface area contributed by atoms with Gasteiger partial charge in [0.15, 0.2) is 0 Å². The lowest BCUT2D eigenvalue weighted by Crippen LogP contribution is -2.23. The Hall–Kier alpha value is -2.42. The van der Waals surface area contributed by atoms with E-state index in [9.17, 15) is 4.79 Å². The first-order valence-corrected chi connectivity index (χ1v) is 7.19. The van der Waals surface area contributed by atoms with E-state index >= 15 is 0 Å². The predicted octanol–water partition coefficient (Wildman–Crippen LogP) is 3.88. The average Bonchev–Trinajstić information content (AvgIpc) is 2.54. The van der Waals surface area contributed by atoms with Gasteiger partial charge in [0.2, 0.25) is 0 Å². The molecule has 2 rings (SSSR count). The number of para-hydroxylation sites is 1. The fourth-order valence-corrected chi connectivity index (χ4v) is 2.08. The van der Waals surface area contributed by atoms with Crippen LogP contribution in [0.4, 0.5) is 0 Å². The predicted molar refractivity (Wildman–Crippen MR) is 87.3 cm³/mol. The van der Waals surface area contributed by atoms with Gasteiger partial charge in [-0.15, -0.1) is 0 Å². The summed E-state index contributed by atoms with van der Waals surface area (Å²) < 4.78 is 0. The van der Waals surface area contributed by atoms with Gasteiger partial charge in [-0.2, -0.15) is 0 Å². The highest BCUT2D eigenvalue weighted by atomic mass is 16.1. The smallest absolute Gasteiger partial charge is 0.253 e. The summed E-state index contributed by atoms with van der Waals surface area (Å²) in [6.07, 6.45) is 8.69. The molecule has 0 atom stereocenters. The second kappa shape index (κ2) is 7.39. The minimum atomic E-state index is -0.101. The molecule has 21 heavy (non-hydrogen) atoms. The number of hydrogen-bond donors (Lipinski definition) is 1. The monoisotopic (exact) mass is 280 g/mol. The van der Waals surface area contributed by atoms with Gasteiger partial charge in [-0.3, -0.25) is 9.78 Å². The van der Waals surface area contributed by atoms with Crippen LogP contribution in [0.25, 0.3) is 10.9 Å². The number of nitrogens with zero attached hydrogens (tertiary/aromatic N) is 1. The fourth-order valence-electron chi connectivity index (χ4n) is 2.08. The number of hydrogen-bond acceptors (Lipinski definition) is 2. The second-order valence-electron chi connectivity index (χ2n) is 4.75. The van der Waals surface area contributed by atoms with E-state index in [0.29, 0.717) is 12.1 Å². The van der Waals surface area contributed by atoms with Crippen LogP contribution >= 0.6 is 0 Å². The van der Waals surface area contributed by atoms with Gasteiger partial charge in [0.1, 0.15) is 0 Å². The lowest BCUT2D eigenvalue weighted by molar-refractivity contribution is 0.0958. The molecule has 0 aliphatic heterocycles. The van der Waals surface area contributed by atoms with Crippen molar-refractivity contribution in [3.05, 3.63) is 65.9 Å². The Bertz CT molecular complexity index is 686. The molecule has 0 unspecified atom stereocenters. The number of benzene rings is 1. The summed E-state index contributed by atoms with van der Waals surface area (Å²) in [5.74, 6) is -0.101. The summed E-state index contributed by atoms with van der Waals surface area (Å²) >= 11 is 0. The summed E-state index contributed by atoms with van der Waals surface area (Å²) in [4.78, 5) is 16.4. The van der Waals surface area contributed by atoms with Crippen molar-refractivity contribution in [1.82, 2.24) is 10.3 Å². The Balaban J connectivity index is 1.99. The molecule has 0 saturated carbocycles. The molecule has 0 radical (unpaired) electrons. The van der Waals surface area contributed by atoms with Crippen molar-refractivity contribution in [2.24, 2.45) is 0 Å². The summed E-state index contributed by atoms with van der Waals surface area (Å²) in [6, 6.07) is 9.64. The van der Waals surface area contributed by atoms with Crippen LogP contribution in [0.2, 0.25) is 0 Å². The van der Waals surface area contributed by atoms with Gasteiger partial charge in [0, 0.05) is 18.1 Å². The number of carbonyl (C=O) groups excluding carboxylic acids is 1. The Morgan fingerprint density at radius 3 is 2.90 bits per heavy atom. The maximum absolute atomic E-state index is 12.1. The number of fused-ring (bicyclic) bond motifs is 1. The van der Waals surface area contributed by atoms with Gasteiger partial charge in [0.05, 0.1) is 11.1 Å². The molecule has 108 valence electrons. The van der Waals surface area contributed by atoms with E-state index in [1.165, 1.54) is 5.57 Å². The SMILES string of the molecule is C/C=C(/C=C\CNC(=O)c1cnc2ccccc2c1)CC. The largest absolute Gasteiger partial charge is 0.349 e. The zero-order chi connectivity index (χ0) is 15.1. The quantitative estimate of drug-likeness (QED) is 0.845. The second-order valence-corrected chi connectivity index (χ2v) is 4.75. The van der Waals surface area contributed by atoms with Crippen LogP contribution in [0.3, 0.4) is 0 Å². The van der Waals surface area contributed by atoms with Crippen molar-refractivity contribution in [1.29, 1.82) is 0 Å². The normalized spacial score (nSPS) is 12.0. The van der Waals surface area contributed by atoms with Crippen molar-refractivity contribution in [3.8, 4) is 0 Å². The molecule has 0 saturated heterocycles. The van der Waals surface area contributed by atoms with Gasteiger partial charge >= 0.3 is 0 Å². The van der Waals surface area contributed by atoms with Crippen molar-refractivity contribution in [2.75, 3.05) is 6.54 Å². The number of pyridine rings is 1. The number of amides is 1. The molecule has 3 heteroatoms. The van der Waals surface area contributed by atoms with E-state index < -0.39 is 0 Å². The Morgan fingerprint density at radius 2 is 2.14 bits per heavy atom. The molecular formula is C18H20N2O. The van der Waals surface area contributed by atoms with Gasteiger partial charge in [-0.05, 0) is 25.5 Å². The lowest BCUT2D eigenvalue weighted by atomic mass is 10.1. The van der Waals surface area contributed by atoms with Crippen LogP contribution in [-0.2, 0) is 0 Å². The summed E-state index contributed by atoms with van der Waals surface area (Å²) in [6.45, 7) is 4.64. The van der Waals surface area contributed by atoms with Gasteiger partial charge in [0.25, 0.3) is 5.91 Å². The Morgan fingerprint density at radius 1 is 1.33 bits per heavy atom. The highest BCUT2D eigenvalue weighted by Gasteiger charge is 2.05. The third-order valence-corrected chi connectivity index (χ3v) is 3.34. The first-order valence-electron chi connectivity index (χ1n) is 7.19. The minimum Gasteiger partial charge on any atom is -0.349 e. The summed E-state index contributed by atoms with van der Waals surface area (Å²) in [7, 11) is 0. The molecule has 1 amide bonds. The molecule has 3 nitrogen and oxygen atoms in total.